The summed E-state index contributed by atoms with van der Waals surface area (Å²) in [6.45, 7) is 11.8. The number of carbonyl (C=O) groups excluding carboxylic acids is 4. The average molecular weight is 514 g/mol. The van der Waals surface area contributed by atoms with E-state index in [1.165, 1.54) is 0 Å². The fraction of sp³-hybridized carbons (Fsp3) is 0.630. The monoisotopic (exact) mass is 513 g/mol. The number of carbonyl (C=O) groups is 4. The first-order valence-corrected chi connectivity index (χ1v) is 13.3. The summed E-state index contributed by atoms with van der Waals surface area (Å²) >= 11 is 0. The van der Waals surface area contributed by atoms with Crippen molar-refractivity contribution < 1.29 is 23.9 Å². The van der Waals surface area contributed by atoms with Gasteiger partial charge in [0.05, 0.1) is 0 Å². The quantitative estimate of drug-likeness (QED) is 0.579. The van der Waals surface area contributed by atoms with Gasteiger partial charge in [0.25, 0.3) is 5.91 Å². The standard InChI is InChI=1S/C27H39N5O5/c1-27(2,3)37-26(36)32-16-14-30(15-17-32)18-19-10-12-31(13-11-19)21-6-4-20(5-7-21)24(34)28-22-8-9-23(33)29-25(22)35/h4-7,19,22H,8-18H2,1-3H3,(H,28,34)(H,29,33,35). The normalized spacial score (nSPS) is 22.0. The topological polar surface area (TPSA) is 111 Å². The summed E-state index contributed by atoms with van der Waals surface area (Å²) in [6.07, 6.45) is 2.53. The van der Waals surface area contributed by atoms with Crippen LogP contribution in [0.4, 0.5) is 10.5 Å². The van der Waals surface area contributed by atoms with Crippen LogP contribution in [-0.4, -0.2) is 91.1 Å². The summed E-state index contributed by atoms with van der Waals surface area (Å²) < 4.78 is 5.49. The van der Waals surface area contributed by atoms with E-state index in [9.17, 15) is 19.2 Å². The van der Waals surface area contributed by atoms with Gasteiger partial charge in [0.15, 0.2) is 0 Å². The van der Waals surface area contributed by atoms with E-state index in [0.29, 0.717) is 31.0 Å². The number of anilines is 1. The zero-order valence-electron chi connectivity index (χ0n) is 22.1. The number of imide groups is 1. The number of amides is 4. The van der Waals surface area contributed by atoms with Crippen LogP contribution in [0.2, 0.25) is 0 Å². The molecule has 0 radical (unpaired) electrons. The second-order valence-electron chi connectivity index (χ2n) is 11.2. The van der Waals surface area contributed by atoms with Crippen molar-refractivity contribution in [3.8, 4) is 0 Å². The Hall–Kier alpha value is -3.14. The van der Waals surface area contributed by atoms with E-state index in [2.05, 4.69) is 20.4 Å². The second kappa shape index (κ2) is 11.5. The molecule has 3 aliphatic rings. The number of piperazine rings is 1. The predicted molar refractivity (Wildman–Crippen MR) is 139 cm³/mol. The number of piperidine rings is 2. The van der Waals surface area contributed by atoms with Crippen LogP contribution in [0, 0.1) is 5.92 Å². The molecule has 0 spiro atoms. The average Bonchev–Trinajstić information content (AvgIpc) is 2.86. The molecule has 1 atom stereocenters. The Bertz CT molecular complexity index is 989. The number of ether oxygens (including phenoxy) is 1. The molecule has 1 aromatic carbocycles. The number of nitrogens with zero attached hydrogens (tertiary/aromatic N) is 3. The van der Waals surface area contributed by atoms with Crippen LogP contribution in [-0.2, 0) is 14.3 Å². The van der Waals surface area contributed by atoms with Crippen LogP contribution in [0.25, 0.3) is 0 Å². The highest BCUT2D eigenvalue weighted by Gasteiger charge is 2.29. The molecule has 1 aromatic rings. The predicted octanol–water partition coefficient (Wildman–Crippen LogP) is 1.99. The van der Waals surface area contributed by atoms with E-state index in [0.717, 1.165) is 51.3 Å². The molecule has 0 aliphatic carbocycles. The molecule has 10 nitrogen and oxygen atoms in total. The number of hydrogen-bond acceptors (Lipinski definition) is 7. The van der Waals surface area contributed by atoms with Gasteiger partial charge in [-0.1, -0.05) is 0 Å². The third-order valence-corrected chi connectivity index (χ3v) is 7.19. The first-order valence-electron chi connectivity index (χ1n) is 13.3. The Morgan fingerprint density at radius 2 is 1.62 bits per heavy atom. The Morgan fingerprint density at radius 1 is 0.973 bits per heavy atom. The molecule has 1 unspecified atom stereocenters. The zero-order chi connectivity index (χ0) is 26.6. The van der Waals surface area contributed by atoms with Crippen molar-refractivity contribution in [1.82, 2.24) is 20.4 Å². The highest BCUT2D eigenvalue weighted by atomic mass is 16.6. The molecule has 37 heavy (non-hydrogen) atoms. The molecule has 3 heterocycles. The van der Waals surface area contributed by atoms with Gasteiger partial charge in [-0.2, -0.15) is 0 Å². The zero-order valence-corrected chi connectivity index (χ0v) is 22.1. The molecule has 3 aliphatic heterocycles. The molecule has 4 amide bonds. The highest BCUT2D eigenvalue weighted by Crippen LogP contribution is 2.25. The molecular weight excluding hydrogens is 474 g/mol. The maximum atomic E-state index is 12.6. The molecule has 0 aromatic heterocycles. The lowest BCUT2D eigenvalue weighted by Crippen LogP contribution is -2.52. The molecule has 2 N–H and O–H groups in total. The first-order chi connectivity index (χ1) is 17.6. The lowest BCUT2D eigenvalue weighted by atomic mass is 9.95. The minimum absolute atomic E-state index is 0.222. The molecule has 3 saturated heterocycles. The van der Waals surface area contributed by atoms with Gasteiger partial charge in [0, 0.05) is 63.5 Å². The summed E-state index contributed by atoms with van der Waals surface area (Å²) in [7, 11) is 0. The maximum absolute atomic E-state index is 12.6. The van der Waals surface area contributed by atoms with Crippen molar-refractivity contribution in [2.75, 3.05) is 50.7 Å². The third-order valence-electron chi connectivity index (χ3n) is 7.19. The summed E-state index contributed by atoms with van der Waals surface area (Å²) in [5, 5.41) is 4.98. The van der Waals surface area contributed by atoms with E-state index in [4.69, 9.17) is 4.74 Å². The van der Waals surface area contributed by atoms with Crippen LogP contribution in [0.15, 0.2) is 24.3 Å². The lowest BCUT2D eigenvalue weighted by Gasteiger charge is -2.39. The molecular formula is C27H39N5O5. The SMILES string of the molecule is CC(C)(C)OC(=O)N1CCN(CC2CCN(c3ccc(C(=O)NC4CCC(=O)NC4=O)cc3)CC2)CC1. The fourth-order valence-electron chi connectivity index (χ4n) is 5.07. The van der Waals surface area contributed by atoms with Crippen LogP contribution in [0.5, 0.6) is 0 Å². The summed E-state index contributed by atoms with van der Waals surface area (Å²) in [5.74, 6) is -0.437. The Morgan fingerprint density at radius 3 is 2.22 bits per heavy atom. The summed E-state index contributed by atoms with van der Waals surface area (Å²) in [6, 6.07) is 6.80. The minimum atomic E-state index is -0.677. The number of hydrogen-bond donors (Lipinski definition) is 2. The minimum Gasteiger partial charge on any atom is -0.444 e. The number of rotatable bonds is 5. The van der Waals surface area contributed by atoms with Gasteiger partial charge >= 0.3 is 6.09 Å². The van der Waals surface area contributed by atoms with Gasteiger partial charge in [-0.05, 0) is 70.2 Å². The van der Waals surface area contributed by atoms with Crippen LogP contribution in [0.1, 0.15) is 56.8 Å². The molecule has 0 saturated carbocycles. The molecule has 4 rings (SSSR count). The van der Waals surface area contributed by atoms with Crippen molar-refractivity contribution in [3.05, 3.63) is 29.8 Å². The Balaban J connectivity index is 1.19. The first kappa shape index (κ1) is 26.9. The molecule has 202 valence electrons. The van der Waals surface area contributed by atoms with Crippen molar-refractivity contribution in [3.63, 3.8) is 0 Å². The number of nitrogens with one attached hydrogen (secondary N) is 2. The fourth-order valence-corrected chi connectivity index (χ4v) is 5.07. The smallest absolute Gasteiger partial charge is 0.410 e. The van der Waals surface area contributed by atoms with E-state index >= 15 is 0 Å². The van der Waals surface area contributed by atoms with Gasteiger partial charge in [0.1, 0.15) is 11.6 Å². The molecule has 3 fully saturated rings. The Labute approximate surface area is 218 Å². The summed E-state index contributed by atoms with van der Waals surface area (Å²) in [4.78, 5) is 54.6. The molecule has 10 heteroatoms. The molecule has 0 bridgehead atoms. The highest BCUT2D eigenvalue weighted by molar-refractivity contribution is 6.03. The van der Waals surface area contributed by atoms with Crippen LogP contribution < -0.4 is 15.5 Å². The summed E-state index contributed by atoms with van der Waals surface area (Å²) in [5.41, 5.74) is 1.11. The Kier molecular flexibility index (Phi) is 8.36. The van der Waals surface area contributed by atoms with Gasteiger partial charge in [0.2, 0.25) is 11.8 Å². The third kappa shape index (κ3) is 7.44. The van der Waals surface area contributed by atoms with Gasteiger partial charge in [-0.15, -0.1) is 0 Å². The second-order valence-corrected chi connectivity index (χ2v) is 11.2. The van der Waals surface area contributed by atoms with E-state index in [1.54, 1.807) is 17.0 Å². The van der Waals surface area contributed by atoms with Crippen molar-refractivity contribution in [2.45, 2.75) is 58.1 Å². The van der Waals surface area contributed by atoms with Crippen molar-refractivity contribution in [1.29, 1.82) is 0 Å². The van der Waals surface area contributed by atoms with Gasteiger partial charge in [-0.25, -0.2) is 4.79 Å². The van der Waals surface area contributed by atoms with Crippen molar-refractivity contribution in [2.24, 2.45) is 5.92 Å². The van der Waals surface area contributed by atoms with Crippen molar-refractivity contribution >= 4 is 29.5 Å². The van der Waals surface area contributed by atoms with Gasteiger partial charge < -0.3 is 19.9 Å². The maximum Gasteiger partial charge on any atom is 0.410 e. The van der Waals surface area contributed by atoms with Crippen LogP contribution >= 0.6 is 0 Å². The van der Waals surface area contributed by atoms with E-state index in [-0.39, 0.29) is 24.3 Å². The van der Waals surface area contributed by atoms with Gasteiger partial charge in [-0.3, -0.25) is 24.6 Å². The largest absolute Gasteiger partial charge is 0.444 e. The van der Waals surface area contributed by atoms with Crippen LogP contribution in [0.3, 0.4) is 0 Å². The van der Waals surface area contributed by atoms with E-state index in [1.807, 2.05) is 32.9 Å². The lowest BCUT2D eigenvalue weighted by molar-refractivity contribution is -0.134. The number of benzene rings is 1. The van der Waals surface area contributed by atoms with E-state index < -0.39 is 17.6 Å².